The smallest absolute Gasteiger partial charge is 0.311 e. The van der Waals surface area contributed by atoms with Crippen LogP contribution in [0.25, 0.3) is 0 Å². The number of ether oxygens (including phenoxy) is 2. The Morgan fingerprint density at radius 3 is 3.17 bits per heavy atom. The van der Waals surface area contributed by atoms with Gasteiger partial charge in [-0.2, -0.15) is 0 Å². The molecule has 1 aromatic rings. The van der Waals surface area contributed by atoms with E-state index in [1.165, 1.54) is 0 Å². The molecule has 0 spiro atoms. The monoisotopic (exact) mass is 317 g/mol. The van der Waals surface area contributed by atoms with E-state index in [1.54, 1.807) is 6.08 Å². The van der Waals surface area contributed by atoms with Crippen LogP contribution >= 0.6 is 0 Å². The zero-order chi connectivity index (χ0) is 16.3. The van der Waals surface area contributed by atoms with E-state index in [0.29, 0.717) is 32.8 Å². The SMILES string of the molecule is C=CCOc1cccc(CN2C[C@@H]3COCC[C@]3(C(=O)O)C2)c1. The lowest BCUT2D eigenvalue weighted by Gasteiger charge is -2.34. The van der Waals surface area contributed by atoms with Crippen molar-refractivity contribution in [2.24, 2.45) is 11.3 Å². The molecule has 0 saturated carbocycles. The Hall–Kier alpha value is -1.85. The zero-order valence-corrected chi connectivity index (χ0v) is 13.2. The third-order valence-corrected chi connectivity index (χ3v) is 4.88. The van der Waals surface area contributed by atoms with Gasteiger partial charge in [-0.1, -0.05) is 24.8 Å². The molecule has 2 atom stereocenters. The van der Waals surface area contributed by atoms with Crippen LogP contribution in [0.1, 0.15) is 12.0 Å². The highest BCUT2D eigenvalue weighted by atomic mass is 16.5. The number of carboxylic acids is 1. The molecule has 0 aromatic heterocycles. The summed E-state index contributed by atoms with van der Waals surface area (Å²) in [7, 11) is 0. The first-order valence-electron chi connectivity index (χ1n) is 8.00. The summed E-state index contributed by atoms with van der Waals surface area (Å²) in [5.41, 5.74) is 0.488. The van der Waals surface area contributed by atoms with Crippen molar-refractivity contribution < 1.29 is 19.4 Å². The first-order chi connectivity index (χ1) is 11.1. The first kappa shape index (κ1) is 16.0. The van der Waals surface area contributed by atoms with Gasteiger partial charge in [-0.15, -0.1) is 0 Å². The molecule has 5 heteroatoms. The second-order valence-electron chi connectivity index (χ2n) is 6.40. The van der Waals surface area contributed by atoms with E-state index in [-0.39, 0.29) is 5.92 Å². The van der Waals surface area contributed by atoms with Gasteiger partial charge in [0.25, 0.3) is 0 Å². The van der Waals surface area contributed by atoms with Crippen molar-refractivity contribution in [3.63, 3.8) is 0 Å². The quantitative estimate of drug-likeness (QED) is 0.815. The second-order valence-corrected chi connectivity index (χ2v) is 6.40. The molecule has 1 aromatic carbocycles. The largest absolute Gasteiger partial charge is 0.490 e. The van der Waals surface area contributed by atoms with Gasteiger partial charge in [-0.05, 0) is 24.1 Å². The Balaban J connectivity index is 1.69. The number of carboxylic acid groups (broad SMARTS) is 1. The number of hydrogen-bond donors (Lipinski definition) is 1. The molecule has 0 unspecified atom stereocenters. The standard InChI is InChI=1S/C18H23NO4/c1-2-7-23-16-5-3-4-14(9-16)10-19-11-15-12-22-8-6-18(15,13-19)17(20)21/h2-5,9,15H,1,6-8,10-13H2,(H,20,21)/t15-,18+/m1/s1. The second kappa shape index (κ2) is 6.72. The minimum atomic E-state index is -0.684. The van der Waals surface area contributed by atoms with Crippen LogP contribution in [0.4, 0.5) is 0 Å². The molecular formula is C18H23NO4. The summed E-state index contributed by atoms with van der Waals surface area (Å²) in [6.45, 7) is 7.31. The number of likely N-dealkylation sites (tertiary alicyclic amines) is 1. The fraction of sp³-hybridized carbons (Fsp3) is 0.500. The van der Waals surface area contributed by atoms with Gasteiger partial charge in [0.15, 0.2) is 0 Å². The molecular weight excluding hydrogens is 294 g/mol. The van der Waals surface area contributed by atoms with Crippen LogP contribution in [0.2, 0.25) is 0 Å². The Morgan fingerprint density at radius 1 is 1.57 bits per heavy atom. The third-order valence-electron chi connectivity index (χ3n) is 4.88. The molecule has 0 aliphatic carbocycles. The van der Waals surface area contributed by atoms with E-state index < -0.39 is 11.4 Å². The summed E-state index contributed by atoms with van der Waals surface area (Å²) < 4.78 is 11.1. The average molecular weight is 317 g/mol. The molecule has 2 aliphatic heterocycles. The minimum absolute atomic E-state index is 0.0777. The summed E-state index contributed by atoms with van der Waals surface area (Å²) in [5, 5.41) is 9.71. The predicted octanol–water partition coefficient (Wildman–Crippen LogP) is 2.17. The van der Waals surface area contributed by atoms with Gasteiger partial charge in [0.05, 0.1) is 12.0 Å². The lowest BCUT2D eigenvalue weighted by Crippen LogP contribution is -2.44. The van der Waals surface area contributed by atoms with E-state index >= 15 is 0 Å². The van der Waals surface area contributed by atoms with E-state index in [4.69, 9.17) is 9.47 Å². The van der Waals surface area contributed by atoms with E-state index in [0.717, 1.165) is 24.4 Å². The van der Waals surface area contributed by atoms with Crippen molar-refractivity contribution in [1.82, 2.24) is 4.90 Å². The number of hydrogen-bond acceptors (Lipinski definition) is 4. The number of rotatable bonds is 6. The van der Waals surface area contributed by atoms with E-state index in [9.17, 15) is 9.90 Å². The molecule has 0 radical (unpaired) electrons. The number of fused-ring (bicyclic) bond motifs is 1. The summed E-state index contributed by atoms with van der Waals surface area (Å²) in [5.74, 6) is 0.209. The lowest BCUT2D eigenvalue weighted by atomic mass is 9.74. The van der Waals surface area contributed by atoms with Crippen LogP contribution in [0, 0.1) is 11.3 Å². The Kier molecular flexibility index (Phi) is 4.68. The van der Waals surface area contributed by atoms with Gasteiger partial charge in [0.2, 0.25) is 0 Å². The van der Waals surface area contributed by atoms with E-state index in [1.807, 2.05) is 24.3 Å². The van der Waals surface area contributed by atoms with Crippen LogP contribution in [-0.4, -0.2) is 48.9 Å². The van der Waals surface area contributed by atoms with Crippen LogP contribution < -0.4 is 4.74 Å². The van der Waals surface area contributed by atoms with Gasteiger partial charge in [-0.25, -0.2) is 0 Å². The van der Waals surface area contributed by atoms with Gasteiger partial charge >= 0.3 is 5.97 Å². The number of benzene rings is 1. The van der Waals surface area contributed by atoms with Gasteiger partial charge < -0.3 is 14.6 Å². The summed E-state index contributed by atoms with van der Waals surface area (Å²) >= 11 is 0. The van der Waals surface area contributed by atoms with E-state index in [2.05, 4.69) is 11.5 Å². The van der Waals surface area contributed by atoms with Gasteiger partial charge in [0, 0.05) is 32.2 Å². The third kappa shape index (κ3) is 3.26. The lowest BCUT2D eigenvalue weighted by molar-refractivity contribution is -0.157. The maximum absolute atomic E-state index is 11.8. The number of aliphatic carboxylic acids is 1. The molecule has 2 saturated heterocycles. The maximum Gasteiger partial charge on any atom is 0.311 e. The van der Waals surface area contributed by atoms with Crippen molar-refractivity contribution in [2.45, 2.75) is 13.0 Å². The molecule has 124 valence electrons. The summed E-state index contributed by atoms with van der Waals surface area (Å²) in [6, 6.07) is 7.94. The highest BCUT2D eigenvalue weighted by Crippen LogP contribution is 2.42. The first-order valence-corrected chi connectivity index (χ1v) is 8.00. The van der Waals surface area contributed by atoms with Gasteiger partial charge in [-0.3, -0.25) is 9.69 Å². The average Bonchev–Trinajstić information content (AvgIpc) is 2.92. The molecule has 2 aliphatic rings. The number of carbonyl (C=O) groups is 1. The van der Waals surface area contributed by atoms with Crippen molar-refractivity contribution in [3.05, 3.63) is 42.5 Å². The molecule has 2 heterocycles. The topological polar surface area (TPSA) is 59.0 Å². The van der Waals surface area contributed by atoms with Gasteiger partial charge in [0.1, 0.15) is 12.4 Å². The molecule has 3 rings (SSSR count). The Bertz CT molecular complexity index is 588. The molecule has 2 fully saturated rings. The molecule has 23 heavy (non-hydrogen) atoms. The Labute approximate surface area is 136 Å². The maximum atomic E-state index is 11.8. The molecule has 1 N–H and O–H groups in total. The minimum Gasteiger partial charge on any atom is -0.490 e. The Morgan fingerprint density at radius 2 is 2.43 bits per heavy atom. The van der Waals surface area contributed by atoms with Crippen molar-refractivity contribution in [1.29, 1.82) is 0 Å². The van der Waals surface area contributed by atoms with Crippen molar-refractivity contribution in [3.8, 4) is 5.75 Å². The van der Waals surface area contributed by atoms with Crippen LogP contribution in [0.5, 0.6) is 5.75 Å². The van der Waals surface area contributed by atoms with Crippen LogP contribution in [0.3, 0.4) is 0 Å². The normalized spacial score (nSPS) is 27.4. The highest BCUT2D eigenvalue weighted by molar-refractivity contribution is 5.76. The number of nitrogens with zero attached hydrogens (tertiary/aromatic N) is 1. The molecule has 5 nitrogen and oxygen atoms in total. The predicted molar refractivity (Wildman–Crippen MR) is 86.4 cm³/mol. The molecule has 0 amide bonds. The molecule has 0 bridgehead atoms. The fourth-order valence-electron chi connectivity index (χ4n) is 3.67. The van der Waals surface area contributed by atoms with Crippen molar-refractivity contribution >= 4 is 5.97 Å². The highest BCUT2D eigenvalue weighted by Gasteiger charge is 2.53. The fourth-order valence-corrected chi connectivity index (χ4v) is 3.67. The van der Waals surface area contributed by atoms with Crippen LogP contribution in [-0.2, 0) is 16.1 Å². The zero-order valence-electron chi connectivity index (χ0n) is 13.2. The van der Waals surface area contributed by atoms with Crippen LogP contribution in [0.15, 0.2) is 36.9 Å². The summed E-state index contributed by atoms with van der Waals surface area (Å²) in [6.07, 6.45) is 2.32. The summed E-state index contributed by atoms with van der Waals surface area (Å²) in [4.78, 5) is 14.0. The van der Waals surface area contributed by atoms with Crippen molar-refractivity contribution in [2.75, 3.05) is 32.9 Å².